The van der Waals surface area contributed by atoms with Crippen molar-refractivity contribution in [3.8, 4) is 0 Å². The Morgan fingerprint density at radius 1 is 0.889 bits per heavy atom. The smallest absolute Gasteiger partial charge is 0.251 e. The molecule has 0 fully saturated rings. The fourth-order valence-corrected chi connectivity index (χ4v) is 5.00. The number of rotatable bonds is 6. The Morgan fingerprint density at radius 2 is 1.64 bits per heavy atom. The van der Waals surface area contributed by atoms with Crippen LogP contribution in [0.2, 0.25) is 10.0 Å². The van der Waals surface area contributed by atoms with Crippen LogP contribution in [-0.2, 0) is 32.5 Å². The number of benzene rings is 3. The number of aromatic nitrogens is 4. The van der Waals surface area contributed by atoms with Crippen molar-refractivity contribution in [3.05, 3.63) is 128 Å². The third-order valence-corrected chi connectivity index (χ3v) is 7.11. The minimum Gasteiger partial charge on any atom is -0.373 e. The molecule has 0 radical (unpaired) electrons. The minimum absolute atomic E-state index is 0.0855. The summed E-state index contributed by atoms with van der Waals surface area (Å²) in [6.07, 6.45) is 2.91. The monoisotopic (exact) mass is 518 g/mol. The molecule has 0 bridgehead atoms. The molecule has 0 spiro atoms. The summed E-state index contributed by atoms with van der Waals surface area (Å²) in [7, 11) is 3.54. The molecule has 0 saturated carbocycles. The molecule has 0 aliphatic heterocycles. The second kappa shape index (κ2) is 9.54. The topological polar surface area (TPSA) is 72.9 Å². The second-order valence-electron chi connectivity index (χ2n) is 8.91. The number of halogens is 2. The first-order valence-electron chi connectivity index (χ1n) is 11.5. The van der Waals surface area contributed by atoms with E-state index in [1.54, 1.807) is 59.9 Å². The summed E-state index contributed by atoms with van der Waals surface area (Å²) in [5.41, 5.74) is 2.30. The van der Waals surface area contributed by atoms with E-state index in [0.29, 0.717) is 33.4 Å². The highest BCUT2D eigenvalue weighted by atomic mass is 35.5. The predicted octanol–water partition coefficient (Wildman–Crippen LogP) is 5.04. The quantitative estimate of drug-likeness (QED) is 0.341. The van der Waals surface area contributed by atoms with Crippen LogP contribution in [0.1, 0.15) is 28.1 Å². The van der Waals surface area contributed by atoms with E-state index in [-0.39, 0.29) is 5.56 Å². The molecule has 0 amide bonds. The van der Waals surface area contributed by atoms with Gasteiger partial charge in [0.25, 0.3) is 5.56 Å². The molecule has 0 saturated heterocycles. The van der Waals surface area contributed by atoms with Crippen molar-refractivity contribution in [3.63, 3.8) is 0 Å². The first-order chi connectivity index (χ1) is 17.3. The van der Waals surface area contributed by atoms with E-state index in [0.717, 1.165) is 28.5 Å². The predicted molar refractivity (Wildman–Crippen MR) is 143 cm³/mol. The molecular weight excluding hydrogens is 495 g/mol. The molecule has 3 aromatic carbocycles. The van der Waals surface area contributed by atoms with Crippen molar-refractivity contribution in [2.75, 3.05) is 0 Å². The van der Waals surface area contributed by atoms with Crippen LogP contribution in [0.25, 0.3) is 10.9 Å². The standard InChI is InChI=1S/C28H24Cl2N4O2/c1-33-17-31-32-27(33)28(36,20-8-11-22(29)12-9-20)21-10-13-25-24(16-21)19(15-26(35)34(25)2)7-6-18-4-3-5-23(30)14-18/h3-5,8-17,36H,6-7H2,1-2H3. The maximum Gasteiger partial charge on any atom is 0.251 e. The normalized spacial score (nSPS) is 13.1. The van der Waals surface area contributed by atoms with Crippen LogP contribution in [-0.4, -0.2) is 24.4 Å². The molecule has 1 N–H and O–H groups in total. The van der Waals surface area contributed by atoms with Crippen LogP contribution >= 0.6 is 23.2 Å². The van der Waals surface area contributed by atoms with Crippen molar-refractivity contribution >= 4 is 34.1 Å². The summed E-state index contributed by atoms with van der Waals surface area (Å²) >= 11 is 12.3. The summed E-state index contributed by atoms with van der Waals surface area (Å²) in [5.74, 6) is 0.370. The van der Waals surface area contributed by atoms with Gasteiger partial charge in [0.15, 0.2) is 11.4 Å². The average molecular weight is 519 g/mol. The molecule has 2 heterocycles. The Labute approximate surface area is 218 Å². The largest absolute Gasteiger partial charge is 0.373 e. The molecule has 0 aliphatic carbocycles. The molecule has 1 unspecified atom stereocenters. The first kappa shape index (κ1) is 24.3. The lowest BCUT2D eigenvalue weighted by atomic mass is 9.84. The zero-order chi connectivity index (χ0) is 25.4. The molecule has 0 aliphatic rings. The zero-order valence-electron chi connectivity index (χ0n) is 19.8. The molecular formula is C28H24Cl2N4O2. The van der Waals surface area contributed by atoms with Crippen LogP contribution in [0, 0.1) is 0 Å². The maximum atomic E-state index is 12.7. The Bertz CT molecular complexity index is 1630. The SMILES string of the molecule is Cn1cnnc1C(O)(c1ccc(Cl)cc1)c1ccc2c(c1)c(CCc1cccc(Cl)c1)cc(=O)n2C. The molecule has 2 aromatic heterocycles. The lowest BCUT2D eigenvalue weighted by molar-refractivity contribution is 0.112. The van der Waals surface area contributed by atoms with Gasteiger partial charge in [0.05, 0.1) is 5.52 Å². The van der Waals surface area contributed by atoms with Crippen LogP contribution in [0.5, 0.6) is 0 Å². The highest BCUT2D eigenvalue weighted by molar-refractivity contribution is 6.30. The number of hydrogen-bond donors (Lipinski definition) is 1. The van der Waals surface area contributed by atoms with Crippen molar-refractivity contribution in [1.29, 1.82) is 0 Å². The van der Waals surface area contributed by atoms with Gasteiger partial charge < -0.3 is 14.2 Å². The van der Waals surface area contributed by atoms with Gasteiger partial charge in [0.2, 0.25) is 0 Å². The summed E-state index contributed by atoms with van der Waals surface area (Å²) in [4.78, 5) is 12.7. The zero-order valence-corrected chi connectivity index (χ0v) is 21.3. The van der Waals surface area contributed by atoms with E-state index in [2.05, 4.69) is 10.2 Å². The Balaban J connectivity index is 1.68. The van der Waals surface area contributed by atoms with Gasteiger partial charge in [-0.3, -0.25) is 4.79 Å². The second-order valence-corrected chi connectivity index (χ2v) is 9.78. The molecule has 5 aromatic rings. The third-order valence-electron chi connectivity index (χ3n) is 6.62. The summed E-state index contributed by atoms with van der Waals surface area (Å²) < 4.78 is 3.31. The van der Waals surface area contributed by atoms with E-state index in [4.69, 9.17) is 23.2 Å². The van der Waals surface area contributed by atoms with Crippen LogP contribution in [0.15, 0.2) is 83.9 Å². The van der Waals surface area contributed by atoms with Crippen LogP contribution in [0.4, 0.5) is 0 Å². The molecule has 6 nitrogen and oxygen atoms in total. The molecule has 5 rings (SSSR count). The maximum absolute atomic E-state index is 12.7. The van der Waals surface area contributed by atoms with Gasteiger partial charge in [-0.05, 0) is 71.5 Å². The van der Waals surface area contributed by atoms with Gasteiger partial charge in [0, 0.05) is 35.6 Å². The number of nitrogens with zero attached hydrogens (tertiary/aromatic N) is 4. The molecule has 1 atom stereocenters. The Hall–Kier alpha value is -3.45. The van der Waals surface area contributed by atoms with E-state index in [1.807, 2.05) is 42.5 Å². The fraction of sp³-hybridized carbons (Fsp3) is 0.179. The number of fused-ring (bicyclic) bond motifs is 1. The van der Waals surface area contributed by atoms with Gasteiger partial charge in [-0.1, -0.05) is 53.5 Å². The van der Waals surface area contributed by atoms with Crippen molar-refractivity contribution in [1.82, 2.24) is 19.3 Å². The van der Waals surface area contributed by atoms with Crippen molar-refractivity contribution in [2.45, 2.75) is 18.4 Å². The fourth-order valence-electron chi connectivity index (χ4n) is 4.66. The summed E-state index contributed by atoms with van der Waals surface area (Å²) in [6.45, 7) is 0. The highest BCUT2D eigenvalue weighted by Gasteiger charge is 2.38. The molecule has 36 heavy (non-hydrogen) atoms. The van der Waals surface area contributed by atoms with E-state index in [9.17, 15) is 9.90 Å². The van der Waals surface area contributed by atoms with E-state index in [1.165, 1.54) is 0 Å². The van der Waals surface area contributed by atoms with Gasteiger partial charge in [-0.25, -0.2) is 0 Å². The van der Waals surface area contributed by atoms with Crippen molar-refractivity contribution in [2.24, 2.45) is 14.1 Å². The first-order valence-corrected chi connectivity index (χ1v) is 12.2. The summed E-state index contributed by atoms with van der Waals surface area (Å²) in [6, 6.07) is 22.0. The van der Waals surface area contributed by atoms with Crippen LogP contribution in [0.3, 0.4) is 0 Å². The number of hydrogen-bond acceptors (Lipinski definition) is 4. The lowest BCUT2D eigenvalue weighted by Gasteiger charge is -2.29. The van der Waals surface area contributed by atoms with E-state index >= 15 is 0 Å². The van der Waals surface area contributed by atoms with Crippen LogP contribution < -0.4 is 5.56 Å². The average Bonchev–Trinajstić information content (AvgIpc) is 3.31. The number of pyridine rings is 1. The summed E-state index contributed by atoms with van der Waals surface area (Å²) in [5, 5.41) is 22.6. The van der Waals surface area contributed by atoms with Gasteiger partial charge >= 0.3 is 0 Å². The molecule has 8 heteroatoms. The minimum atomic E-state index is -1.59. The van der Waals surface area contributed by atoms with Crippen molar-refractivity contribution < 1.29 is 5.11 Å². The van der Waals surface area contributed by atoms with E-state index < -0.39 is 5.60 Å². The lowest BCUT2D eigenvalue weighted by Crippen LogP contribution is -2.32. The Kier molecular flexibility index (Phi) is 6.43. The third kappa shape index (κ3) is 4.32. The number of aliphatic hydroxyl groups is 1. The highest BCUT2D eigenvalue weighted by Crippen LogP contribution is 2.37. The number of aryl methyl sites for hydroxylation is 4. The van der Waals surface area contributed by atoms with Gasteiger partial charge in [0.1, 0.15) is 6.33 Å². The Morgan fingerprint density at radius 3 is 2.33 bits per heavy atom. The van der Waals surface area contributed by atoms with Gasteiger partial charge in [-0.2, -0.15) is 0 Å². The molecule has 182 valence electrons. The van der Waals surface area contributed by atoms with Gasteiger partial charge in [-0.15, -0.1) is 10.2 Å².